The number of aryl methyl sites for hydroxylation is 1. The summed E-state index contributed by atoms with van der Waals surface area (Å²) in [6, 6.07) is 17.2. The first kappa shape index (κ1) is 21.2. The van der Waals surface area contributed by atoms with Crippen molar-refractivity contribution in [2.75, 3.05) is 13.7 Å². The number of hydrogen-bond donors (Lipinski definition) is 0. The van der Waals surface area contributed by atoms with Crippen molar-refractivity contribution in [1.82, 2.24) is 0 Å². The Kier molecular flexibility index (Phi) is 5.94. The fourth-order valence-corrected chi connectivity index (χ4v) is 3.46. The van der Waals surface area contributed by atoms with Gasteiger partial charge in [0.2, 0.25) is 5.78 Å². The van der Waals surface area contributed by atoms with Gasteiger partial charge in [-0.15, -0.1) is 0 Å². The Morgan fingerprint density at radius 2 is 1.78 bits per heavy atom. The number of benzene rings is 3. The fourth-order valence-electron chi connectivity index (χ4n) is 3.46. The zero-order valence-corrected chi connectivity index (χ0v) is 18.0. The molecular formula is C26H22O6. The largest absolute Gasteiger partial charge is 0.497 e. The van der Waals surface area contributed by atoms with Crippen LogP contribution in [0, 0.1) is 6.92 Å². The molecule has 6 heteroatoms. The van der Waals surface area contributed by atoms with Gasteiger partial charge >= 0.3 is 5.97 Å². The van der Waals surface area contributed by atoms with Gasteiger partial charge in [0, 0.05) is 11.6 Å². The number of hydrogen-bond acceptors (Lipinski definition) is 6. The molecule has 32 heavy (non-hydrogen) atoms. The van der Waals surface area contributed by atoms with Crippen LogP contribution in [0.4, 0.5) is 0 Å². The lowest BCUT2D eigenvalue weighted by molar-refractivity contribution is 0.0734. The van der Waals surface area contributed by atoms with Crippen LogP contribution < -0.4 is 18.9 Å². The first-order chi connectivity index (χ1) is 15.5. The first-order valence-corrected chi connectivity index (χ1v) is 10.2. The Morgan fingerprint density at radius 3 is 2.50 bits per heavy atom. The molecule has 0 atom stereocenters. The Bertz CT molecular complexity index is 1210. The summed E-state index contributed by atoms with van der Waals surface area (Å²) >= 11 is 0. The number of para-hydroxylation sites is 1. The normalized spacial score (nSPS) is 13.5. The van der Waals surface area contributed by atoms with Crippen LogP contribution in [0.15, 0.2) is 66.4 Å². The summed E-state index contributed by atoms with van der Waals surface area (Å²) in [6.45, 7) is 4.19. The van der Waals surface area contributed by atoms with E-state index < -0.39 is 5.97 Å². The molecule has 0 spiro atoms. The predicted octanol–water partition coefficient (Wildman–Crippen LogP) is 5.24. The van der Waals surface area contributed by atoms with Gasteiger partial charge in [-0.2, -0.15) is 0 Å². The lowest BCUT2D eigenvalue weighted by Crippen LogP contribution is -2.08. The van der Waals surface area contributed by atoms with Gasteiger partial charge in [-0.1, -0.05) is 18.2 Å². The molecule has 3 aromatic rings. The zero-order valence-electron chi connectivity index (χ0n) is 18.0. The van der Waals surface area contributed by atoms with E-state index >= 15 is 0 Å². The third-order valence-electron chi connectivity index (χ3n) is 4.99. The number of carbonyl (C=O) groups excluding carboxylic acids is 2. The molecule has 0 amide bonds. The maximum atomic E-state index is 13.0. The quantitative estimate of drug-likeness (QED) is 0.303. The number of esters is 1. The zero-order chi connectivity index (χ0) is 22.7. The molecule has 0 bridgehead atoms. The van der Waals surface area contributed by atoms with E-state index in [0.717, 1.165) is 5.56 Å². The van der Waals surface area contributed by atoms with Crippen molar-refractivity contribution in [3.63, 3.8) is 0 Å². The Morgan fingerprint density at radius 1 is 1.03 bits per heavy atom. The molecule has 0 saturated carbocycles. The Labute approximate surface area is 186 Å². The molecule has 1 aliphatic heterocycles. The molecule has 0 fully saturated rings. The van der Waals surface area contributed by atoms with E-state index in [0.29, 0.717) is 46.3 Å². The second kappa shape index (κ2) is 8.98. The van der Waals surface area contributed by atoms with Crippen molar-refractivity contribution in [3.05, 3.63) is 88.7 Å². The molecule has 0 radical (unpaired) electrons. The summed E-state index contributed by atoms with van der Waals surface area (Å²) in [4.78, 5) is 25.5. The second-order valence-corrected chi connectivity index (χ2v) is 7.14. The standard InChI is InChI=1S/C26H22O6/c1-4-30-21-8-6-5-7-18(21)14-23-25(27)24-16(2)13-20(15-22(24)32-23)31-26(28)17-9-11-19(29-3)12-10-17/h5-15H,4H2,1-3H3/b23-14-. The maximum Gasteiger partial charge on any atom is 0.343 e. The summed E-state index contributed by atoms with van der Waals surface area (Å²) in [5.74, 6) is 1.41. The second-order valence-electron chi connectivity index (χ2n) is 7.14. The molecule has 4 rings (SSSR count). The van der Waals surface area contributed by atoms with Crippen LogP contribution in [0.1, 0.15) is 38.8 Å². The van der Waals surface area contributed by atoms with Crippen molar-refractivity contribution in [2.45, 2.75) is 13.8 Å². The predicted molar refractivity (Wildman–Crippen MR) is 120 cm³/mol. The number of ether oxygens (including phenoxy) is 4. The lowest BCUT2D eigenvalue weighted by Gasteiger charge is -2.08. The number of ketones is 1. The van der Waals surface area contributed by atoms with Crippen LogP contribution in [0.25, 0.3) is 6.08 Å². The van der Waals surface area contributed by atoms with Gasteiger partial charge in [0.25, 0.3) is 0 Å². The maximum absolute atomic E-state index is 13.0. The van der Waals surface area contributed by atoms with E-state index in [4.69, 9.17) is 18.9 Å². The first-order valence-electron chi connectivity index (χ1n) is 10.2. The van der Waals surface area contributed by atoms with E-state index in [2.05, 4.69) is 0 Å². The van der Waals surface area contributed by atoms with Crippen LogP contribution in [0.5, 0.6) is 23.0 Å². The molecule has 0 aliphatic carbocycles. The van der Waals surface area contributed by atoms with E-state index in [-0.39, 0.29) is 11.5 Å². The van der Waals surface area contributed by atoms with Crippen LogP contribution in [0.3, 0.4) is 0 Å². The summed E-state index contributed by atoms with van der Waals surface area (Å²) in [5, 5.41) is 0. The molecule has 6 nitrogen and oxygen atoms in total. The van der Waals surface area contributed by atoms with Gasteiger partial charge < -0.3 is 18.9 Å². The minimum Gasteiger partial charge on any atom is -0.497 e. The molecule has 3 aromatic carbocycles. The summed E-state index contributed by atoms with van der Waals surface area (Å²) in [6.07, 6.45) is 1.66. The van der Waals surface area contributed by atoms with Gasteiger partial charge in [0.15, 0.2) is 5.76 Å². The number of carbonyl (C=O) groups is 2. The summed E-state index contributed by atoms with van der Waals surface area (Å²) in [5.41, 5.74) is 2.24. The SMILES string of the molecule is CCOc1ccccc1/C=C1\Oc2cc(OC(=O)c3ccc(OC)cc3)cc(C)c2C1=O. The minimum atomic E-state index is -0.516. The summed E-state index contributed by atoms with van der Waals surface area (Å²) in [7, 11) is 1.56. The molecule has 0 saturated heterocycles. The average molecular weight is 430 g/mol. The van der Waals surface area contributed by atoms with Crippen molar-refractivity contribution in [1.29, 1.82) is 0 Å². The van der Waals surface area contributed by atoms with E-state index in [1.165, 1.54) is 0 Å². The van der Waals surface area contributed by atoms with Gasteiger partial charge in [-0.05, 0) is 61.9 Å². The van der Waals surface area contributed by atoms with E-state index in [1.807, 2.05) is 31.2 Å². The third-order valence-corrected chi connectivity index (χ3v) is 4.99. The fraction of sp³-hybridized carbons (Fsp3) is 0.154. The molecule has 1 aliphatic rings. The number of fused-ring (bicyclic) bond motifs is 1. The Hall–Kier alpha value is -4.06. The number of Topliss-reactive ketones (excluding diaryl/α,β-unsaturated/α-hetero) is 1. The molecule has 0 aromatic heterocycles. The van der Waals surface area contributed by atoms with Gasteiger partial charge in [-0.25, -0.2) is 4.79 Å². The molecular weight excluding hydrogens is 408 g/mol. The minimum absolute atomic E-state index is 0.189. The number of methoxy groups -OCH3 is 1. The molecule has 1 heterocycles. The van der Waals surface area contributed by atoms with Gasteiger partial charge in [-0.3, -0.25) is 4.79 Å². The average Bonchev–Trinajstić information content (AvgIpc) is 3.10. The monoisotopic (exact) mass is 430 g/mol. The topological polar surface area (TPSA) is 71.1 Å². The third kappa shape index (κ3) is 4.21. The van der Waals surface area contributed by atoms with E-state index in [1.54, 1.807) is 56.5 Å². The van der Waals surface area contributed by atoms with Gasteiger partial charge in [0.05, 0.1) is 24.8 Å². The summed E-state index contributed by atoms with van der Waals surface area (Å²) < 4.78 is 22.1. The Balaban J connectivity index is 1.59. The molecule has 0 unspecified atom stereocenters. The number of rotatable bonds is 6. The number of allylic oxidation sites excluding steroid dienone is 1. The van der Waals surface area contributed by atoms with Crippen LogP contribution >= 0.6 is 0 Å². The van der Waals surface area contributed by atoms with Crippen molar-refractivity contribution < 1.29 is 28.5 Å². The van der Waals surface area contributed by atoms with Crippen LogP contribution in [-0.4, -0.2) is 25.5 Å². The van der Waals surface area contributed by atoms with Crippen LogP contribution in [-0.2, 0) is 0 Å². The highest BCUT2D eigenvalue weighted by molar-refractivity contribution is 6.15. The van der Waals surface area contributed by atoms with Gasteiger partial charge in [0.1, 0.15) is 23.0 Å². The van der Waals surface area contributed by atoms with Crippen molar-refractivity contribution in [3.8, 4) is 23.0 Å². The van der Waals surface area contributed by atoms with Crippen molar-refractivity contribution >= 4 is 17.8 Å². The molecule has 0 N–H and O–H groups in total. The lowest BCUT2D eigenvalue weighted by atomic mass is 10.0. The van der Waals surface area contributed by atoms with Crippen molar-refractivity contribution in [2.24, 2.45) is 0 Å². The van der Waals surface area contributed by atoms with Crippen LogP contribution in [0.2, 0.25) is 0 Å². The highest BCUT2D eigenvalue weighted by Gasteiger charge is 2.30. The van der Waals surface area contributed by atoms with E-state index in [9.17, 15) is 9.59 Å². The molecule has 162 valence electrons. The highest BCUT2D eigenvalue weighted by Crippen LogP contribution is 2.38. The highest BCUT2D eigenvalue weighted by atomic mass is 16.5. The smallest absolute Gasteiger partial charge is 0.343 e.